The molecule has 1 fully saturated rings. The first-order valence-electron chi connectivity index (χ1n) is 8.97. The van der Waals surface area contributed by atoms with E-state index in [-0.39, 0.29) is 16.9 Å². The number of hydrogen-bond acceptors (Lipinski definition) is 5. The second kappa shape index (κ2) is 7.57. The summed E-state index contributed by atoms with van der Waals surface area (Å²) in [5, 5.41) is 0. The van der Waals surface area contributed by atoms with Crippen molar-refractivity contribution in [3.05, 3.63) is 24.0 Å². The summed E-state index contributed by atoms with van der Waals surface area (Å²) in [5.74, 6) is 0.854. The van der Waals surface area contributed by atoms with E-state index < -0.39 is 10.0 Å². The number of aromatic nitrogens is 2. The molecule has 1 aliphatic rings. The van der Waals surface area contributed by atoms with Gasteiger partial charge < -0.3 is 14.2 Å². The number of nitrogens with zero attached hydrogens (tertiary/aromatic N) is 4. The normalized spacial score (nSPS) is 18.4. The lowest BCUT2D eigenvalue weighted by molar-refractivity contribution is -0.138. The highest BCUT2D eigenvalue weighted by molar-refractivity contribution is 7.89. The SMILES string of the molecule is C[C@H]1CN(C(=O)CCc2nc3cc(S(=O)(=O)N(C)C)ccc3n2C)CCO1. The first kappa shape index (κ1) is 19.8. The van der Waals surface area contributed by atoms with Gasteiger partial charge in [-0.05, 0) is 25.1 Å². The minimum absolute atomic E-state index is 0.0653. The van der Waals surface area contributed by atoms with E-state index in [4.69, 9.17) is 4.74 Å². The third-order valence-corrected chi connectivity index (χ3v) is 6.69. The third-order valence-electron chi connectivity index (χ3n) is 4.88. The number of morpholine rings is 1. The Kier molecular flexibility index (Phi) is 5.55. The molecule has 3 rings (SSSR count). The van der Waals surface area contributed by atoms with Crippen LogP contribution in [0.15, 0.2) is 23.1 Å². The zero-order valence-electron chi connectivity index (χ0n) is 16.2. The molecule has 0 spiro atoms. The van der Waals surface area contributed by atoms with Gasteiger partial charge in [-0.15, -0.1) is 0 Å². The highest BCUT2D eigenvalue weighted by Crippen LogP contribution is 2.22. The number of benzene rings is 1. The van der Waals surface area contributed by atoms with Crippen LogP contribution in [0.25, 0.3) is 11.0 Å². The Labute approximate surface area is 159 Å². The van der Waals surface area contributed by atoms with Gasteiger partial charge in [-0.3, -0.25) is 4.79 Å². The quantitative estimate of drug-likeness (QED) is 0.755. The van der Waals surface area contributed by atoms with Crippen molar-refractivity contribution < 1.29 is 17.9 Å². The van der Waals surface area contributed by atoms with E-state index >= 15 is 0 Å². The van der Waals surface area contributed by atoms with E-state index in [0.717, 1.165) is 11.3 Å². The maximum absolute atomic E-state index is 12.5. The van der Waals surface area contributed by atoms with Crippen molar-refractivity contribution in [1.82, 2.24) is 18.8 Å². The molecule has 8 nitrogen and oxygen atoms in total. The molecule has 1 aromatic carbocycles. The maximum atomic E-state index is 12.5. The van der Waals surface area contributed by atoms with Crippen molar-refractivity contribution in [3.8, 4) is 0 Å². The Bertz CT molecular complexity index is 952. The van der Waals surface area contributed by atoms with Crippen molar-refractivity contribution in [2.45, 2.75) is 30.8 Å². The van der Waals surface area contributed by atoms with Gasteiger partial charge in [-0.1, -0.05) is 0 Å². The Balaban J connectivity index is 1.77. The summed E-state index contributed by atoms with van der Waals surface area (Å²) in [7, 11) is 1.38. The highest BCUT2D eigenvalue weighted by atomic mass is 32.2. The predicted octanol–water partition coefficient (Wildman–Crippen LogP) is 1.00. The first-order chi connectivity index (χ1) is 12.7. The fraction of sp³-hybridized carbons (Fsp3) is 0.556. The highest BCUT2D eigenvalue weighted by Gasteiger charge is 2.22. The van der Waals surface area contributed by atoms with Crippen LogP contribution in [0.4, 0.5) is 0 Å². The Morgan fingerprint density at radius 2 is 2.11 bits per heavy atom. The molecule has 1 aliphatic heterocycles. The third kappa shape index (κ3) is 3.99. The summed E-state index contributed by atoms with van der Waals surface area (Å²) in [5.41, 5.74) is 1.46. The standard InChI is InChI=1S/C18H26N4O4S/c1-13-12-22(9-10-26-13)18(23)8-7-17-19-15-11-14(27(24,25)20(2)3)5-6-16(15)21(17)4/h5-6,11,13H,7-10,12H2,1-4H3/t13-/m0/s1. The molecule has 1 atom stereocenters. The average molecular weight is 394 g/mol. The molecule has 0 saturated carbocycles. The zero-order valence-corrected chi connectivity index (χ0v) is 17.0. The van der Waals surface area contributed by atoms with Crippen LogP contribution in [0, 0.1) is 0 Å². The van der Waals surface area contributed by atoms with Gasteiger partial charge in [0.25, 0.3) is 0 Å². The summed E-state index contributed by atoms with van der Waals surface area (Å²) in [4.78, 5) is 19.1. The molecular weight excluding hydrogens is 368 g/mol. The molecule has 0 unspecified atom stereocenters. The van der Waals surface area contributed by atoms with Crippen LogP contribution in [0.5, 0.6) is 0 Å². The summed E-state index contributed by atoms with van der Waals surface area (Å²) >= 11 is 0. The molecule has 0 aliphatic carbocycles. The fourth-order valence-corrected chi connectivity index (χ4v) is 4.17. The van der Waals surface area contributed by atoms with Gasteiger partial charge in [0.05, 0.1) is 28.6 Å². The lowest BCUT2D eigenvalue weighted by Gasteiger charge is -2.31. The van der Waals surface area contributed by atoms with Gasteiger partial charge in [0.15, 0.2) is 0 Å². The minimum atomic E-state index is -3.51. The van der Waals surface area contributed by atoms with Crippen molar-refractivity contribution in [2.24, 2.45) is 7.05 Å². The first-order valence-corrected chi connectivity index (χ1v) is 10.4. The van der Waals surface area contributed by atoms with E-state index in [9.17, 15) is 13.2 Å². The molecule has 1 saturated heterocycles. The molecule has 9 heteroatoms. The van der Waals surface area contributed by atoms with Crippen molar-refractivity contribution in [3.63, 3.8) is 0 Å². The van der Waals surface area contributed by atoms with E-state index in [2.05, 4.69) is 4.98 Å². The second-order valence-corrected chi connectivity index (χ2v) is 9.20. The topological polar surface area (TPSA) is 84.7 Å². The fourth-order valence-electron chi connectivity index (χ4n) is 3.25. The van der Waals surface area contributed by atoms with Crippen LogP contribution < -0.4 is 0 Å². The minimum Gasteiger partial charge on any atom is -0.375 e. The number of aryl methyl sites for hydroxylation is 2. The van der Waals surface area contributed by atoms with Gasteiger partial charge in [-0.2, -0.15) is 0 Å². The largest absolute Gasteiger partial charge is 0.375 e. The Morgan fingerprint density at radius 1 is 1.37 bits per heavy atom. The van der Waals surface area contributed by atoms with E-state index in [1.54, 1.807) is 18.2 Å². The van der Waals surface area contributed by atoms with Gasteiger partial charge in [0, 0.05) is 47.1 Å². The summed E-state index contributed by atoms with van der Waals surface area (Å²) in [6.45, 7) is 3.77. The molecule has 1 aromatic heterocycles. The number of amides is 1. The second-order valence-electron chi connectivity index (χ2n) is 7.05. The average Bonchev–Trinajstić information content (AvgIpc) is 2.95. The van der Waals surface area contributed by atoms with E-state index in [1.165, 1.54) is 18.4 Å². The van der Waals surface area contributed by atoms with Crippen molar-refractivity contribution >= 4 is 27.0 Å². The van der Waals surface area contributed by atoms with Gasteiger partial charge in [-0.25, -0.2) is 17.7 Å². The smallest absolute Gasteiger partial charge is 0.242 e. The van der Waals surface area contributed by atoms with E-state index in [1.807, 2.05) is 23.4 Å². The van der Waals surface area contributed by atoms with Gasteiger partial charge in [0.1, 0.15) is 5.82 Å². The Morgan fingerprint density at radius 3 is 2.78 bits per heavy atom. The number of imidazole rings is 1. The molecule has 2 aromatic rings. The number of hydrogen-bond donors (Lipinski definition) is 0. The van der Waals surface area contributed by atoms with Crippen LogP contribution >= 0.6 is 0 Å². The van der Waals surface area contributed by atoms with Crippen LogP contribution in [0.2, 0.25) is 0 Å². The number of rotatable bonds is 5. The summed E-state index contributed by atoms with van der Waals surface area (Å²) < 4.78 is 33.2. The van der Waals surface area contributed by atoms with Gasteiger partial charge >= 0.3 is 0 Å². The summed E-state index contributed by atoms with van der Waals surface area (Å²) in [6.07, 6.45) is 0.939. The maximum Gasteiger partial charge on any atom is 0.242 e. The number of carbonyl (C=O) groups excluding carboxylic acids is 1. The van der Waals surface area contributed by atoms with E-state index in [0.29, 0.717) is 38.1 Å². The van der Waals surface area contributed by atoms with Crippen LogP contribution in [0.1, 0.15) is 19.2 Å². The molecule has 2 heterocycles. The molecular formula is C18H26N4O4S. The van der Waals surface area contributed by atoms with Gasteiger partial charge in [0.2, 0.25) is 15.9 Å². The van der Waals surface area contributed by atoms with Crippen LogP contribution in [0.3, 0.4) is 0 Å². The molecule has 0 bridgehead atoms. The van der Waals surface area contributed by atoms with Crippen LogP contribution in [-0.4, -0.2) is 73.0 Å². The number of fused-ring (bicyclic) bond motifs is 1. The molecule has 1 amide bonds. The zero-order chi connectivity index (χ0) is 19.8. The number of carbonyl (C=O) groups is 1. The summed E-state index contributed by atoms with van der Waals surface area (Å²) in [6, 6.07) is 4.93. The number of ether oxygens (including phenoxy) is 1. The van der Waals surface area contributed by atoms with Crippen molar-refractivity contribution in [1.29, 1.82) is 0 Å². The van der Waals surface area contributed by atoms with Crippen LogP contribution in [-0.2, 0) is 33.0 Å². The molecule has 27 heavy (non-hydrogen) atoms. The lowest BCUT2D eigenvalue weighted by Crippen LogP contribution is -2.44. The lowest BCUT2D eigenvalue weighted by atomic mass is 10.2. The monoisotopic (exact) mass is 394 g/mol. The molecule has 0 radical (unpaired) electrons. The van der Waals surface area contributed by atoms with Crippen molar-refractivity contribution in [2.75, 3.05) is 33.8 Å². The number of sulfonamides is 1. The Hall–Kier alpha value is -1.97. The predicted molar refractivity (Wildman–Crippen MR) is 102 cm³/mol. The molecule has 0 N–H and O–H groups in total. The molecule has 148 valence electrons.